The van der Waals surface area contributed by atoms with Gasteiger partial charge in [0.15, 0.2) is 0 Å². The number of thioether (sulfide) groups is 1. The van der Waals surface area contributed by atoms with E-state index in [0.717, 1.165) is 10.3 Å². The van der Waals surface area contributed by atoms with Gasteiger partial charge in [-0.25, -0.2) is 9.36 Å². The average molecular weight is 295 g/mol. The van der Waals surface area contributed by atoms with Crippen LogP contribution in [-0.2, 0) is 6.42 Å². The smallest absolute Gasteiger partial charge is 0.333 e. The fraction of sp³-hybridized carbons (Fsp3) is 0.250. The zero-order chi connectivity index (χ0) is 14.7. The van der Waals surface area contributed by atoms with Crippen molar-refractivity contribution in [3.63, 3.8) is 0 Å². The standard InChI is InChI=1S/C12H13N3O4S/c1-20-7-6-10-11(16)14(12(17)13-10)8-2-4-9(5-3-8)15(18)19/h2-5,16H,6-7H2,1H3,(H,13,17). The summed E-state index contributed by atoms with van der Waals surface area (Å²) in [6, 6.07) is 5.42. The zero-order valence-electron chi connectivity index (χ0n) is 10.7. The van der Waals surface area contributed by atoms with Crippen LogP contribution in [0.3, 0.4) is 0 Å². The van der Waals surface area contributed by atoms with Crippen molar-refractivity contribution in [2.45, 2.75) is 6.42 Å². The molecule has 0 spiro atoms. The van der Waals surface area contributed by atoms with Crippen LogP contribution < -0.4 is 5.69 Å². The molecule has 1 aromatic heterocycles. The van der Waals surface area contributed by atoms with Gasteiger partial charge in [-0.2, -0.15) is 11.8 Å². The van der Waals surface area contributed by atoms with Crippen LogP contribution in [0.15, 0.2) is 29.1 Å². The summed E-state index contributed by atoms with van der Waals surface area (Å²) < 4.78 is 1.10. The lowest BCUT2D eigenvalue weighted by Gasteiger charge is -2.03. The van der Waals surface area contributed by atoms with Crippen LogP contribution in [0.25, 0.3) is 5.69 Å². The van der Waals surface area contributed by atoms with Gasteiger partial charge in [-0.15, -0.1) is 0 Å². The second kappa shape index (κ2) is 5.83. The fourth-order valence-corrected chi connectivity index (χ4v) is 2.22. The quantitative estimate of drug-likeness (QED) is 0.645. The molecule has 2 N–H and O–H groups in total. The number of non-ortho nitro benzene ring substituents is 1. The number of hydrogen-bond donors (Lipinski definition) is 2. The van der Waals surface area contributed by atoms with Gasteiger partial charge in [0.2, 0.25) is 5.88 Å². The van der Waals surface area contributed by atoms with Crippen molar-refractivity contribution in [1.29, 1.82) is 0 Å². The molecule has 0 aliphatic rings. The minimum absolute atomic E-state index is 0.0700. The van der Waals surface area contributed by atoms with Crippen LogP contribution >= 0.6 is 11.8 Å². The molecule has 7 nitrogen and oxygen atoms in total. The van der Waals surface area contributed by atoms with Crippen molar-refractivity contribution >= 4 is 17.4 Å². The molecule has 2 aromatic rings. The lowest BCUT2D eigenvalue weighted by Crippen LogP contribution is -2.14. The first-order valence-corrected chi connectivity index (χ1v) is 7.20. The number of nitro benzene ring substituents is 1. The van der Waals surface area contributed by atoms with Crippen molar-refractivity contribution in [1.82, 2.24) is 9.55 Å². The molecule has 0 aliphatic heterocycles. The van der Waals surface area contributed by atoms with Crippen LogP contribution in [0, 0.1) is 10.1 Å². The third-order valence-electron chi connectivity index (χ3n) is 2.82. The summed E-state index contributed by atoms with van der Waals surface area (Å²) >= 11 is 1.60. The summed E-state index contributed by atoms with van der Waals surface area (Å²) in [5.74, 6) is 0.617. The molecule has 8 heteroatoms. The Kier molecular flexibility index (Phi) is 4.14. The second-order valence-electron chi connectivity index (χ2n) is 4.08. The average Bonchev–Trinajstić information content (AvgIpc) is 2.71. The maximum atomic E-state index is 11.8. The maximum absolute atomic E-state index is 11.8. The normalized spacial score (nSPS) is 10.7. The molecule has 1 heterocycles. The van der Waals surface area contributed by atoms with Gasteiger partial charge >= 0.3 is 5.69 Å². The number of aromatic nitrogens is 2. The summed E-state index contributed by atoms with van der Waals surface area (Å²) in [6.07, 6.45) is 2.48. The van der Waals surface area contributed by atoms with E-state index >= 15 is 0 Å². The van der Waals surface area contributed by atoms with Gasteiger partial charge in [-0.05, 0) is 24.1 Å². The molecule has 20 heavy (non-hydrogen) atoms. The molecule has 0 saturated heterocycles. The van der Waals surface area contributed by atoms with Crippen molar-refractivity contribution < 1.29 is 10.0 Å². The number of aromatic hydroxyl groups is 1. The number of aromatic amines is 1. The van der Waals surface area contributed by atoms with E-state index in [-0.39, 0.29) is 11.6 Å². The Balaban J connectivity index is 2.39. The van der Waals surface area contributed by atoms with Gasteiger partial charge in [0.25, 0.3) is 5.69 Å². The molecule has 0 atom stereocenters. The highest BCUT2D eigenvalue weighted by Crippen LogP contribution is 2.21. The van der Waals surface area contributed by atoms with Gasteiger partial charge in [-0.3, -0.25) is 10.1 Å². The lowest BCUT2D eigenvalue weighted by molar-refractivity contribution is -0.384. The van der Waals surface area contributed by atoms with E-state index in [1.807, 2.05) is 6.26 Å². The van der Waals surface area contributed by atoms with Crippen molar-refractivity contribution in [3.05, 3.63) is 50.6 Å². The van der Waals surface area contributed by atoms with Crippen LogP contribution in [0.5, 0.6) is 5.88 Å². The largest absolute Gasteiger partial charge is 0.493 e. The van der Waals surface area contributed by atoms with E-state index in [1.165, 1.54) is 24.3 Å². The van der Waals surface area contributed by atoms with E-state index in [1.54, 1.807) is 11.8 Å². The highest BCUT2D eigenvalue weighted by molar-refractivity contribution is 7.98. The van der Waals surface area contributed by atoms with Gasteiger partial charge in [0, 0.05) is 18.6 Å². The van der Waals surface area contributed by atoms with Crippen molar-refractivity contribution in [2.75, 3.05) is 12.0 Å². The predicted octanol–water partition coefficient (Wildman–Crippen LogP) is 1.68. The molecule has 0 saturated carbocycles. The number of hydrogen-bond acceptors (Lipinski definition) is 5. The van der Waals surface area contributed by atoms with Gasteiger partial charge in [0.1, 0.15) is 0 Å². The third kappa shape index (κ3) is 2.69. The number of imidazole rings is 1. The highest BCUT2D eigenvalue weighted by Gasteiger charge is 2.15. The topological polar surface area (TPSA) is 101 Å². The summed E-state index contributed by atoms with van der Waals surface area (Å²) in [5.41, 5.74) is 0.305. The molecule has 2 rings (SSSR count). The molecule has 0 aliphatic carbocycles. The molecular formula is C12H13N3O4S. The van der Waals surface area contributed by atoms with E-state index in [2.05, 4.69) is 4.98 Å². The van der Waals surface area contributed by atoms with Gasteiger partial charge < -0.3 is 10.1 Å². The summed E-state index contributed by atoms with van der Waals surface area (Å²) in [4.78, 5) is 24.5. The Labute approximate surface area is 118 Å². The van der Waals surface area contributed by atoms with Crippen molar-refractivity contribution in [2.24, 2.45) is 0 Å². The lowest BCUT2D eigenvalue weighted by atomic mass is 10.3. The molecule has 0 amide bonds. The summed E-state index contributed by atoms with van der Waals surface area (Å²) in [7, 11) is 0. The van der Waals surface area contributed by atoms with E-state index in [4.69, 9.17) is 0 Å². The molecule has 0 fully saturated rings. The summed E-state index contributed by atoms with van der Waals surface area (Å²) in [5, 5.41) is 20.6. The number of nitrogens with one attached hydrogen (secondary N) is 1. The number of benzene rings is 1. The van der Waals surface area contributed by atoms with Crippen LogP contribution in [0.4, 0.5) is 5.69 Å². The first-order chi connectivity index (χ1) is 9.54. The molecular weight excluding hydrogens is 282 g/mol. The molecule has 0 radical (unpaired) electrons. The maximum Gasteiger partial charge on any atom is 0.333 e. The number of H-pyrrole nitrogens is 1. The number of nitro groups is 1. The number of rotatable bonds is 5. The third-order valence-corrected chi connectivity index (χ3v) is 3.43. The fourth-order valence-electron chi connectivity index (χ4n) is 1.81. The second-order valence-corrected chi connectivity index (χ2v) is 5.07. The molecule has 0 unspecified atom stereocenters. The minimum Gasteiger partial charge on any atom is -0.493 e. The van der Waals surface area contributed by atoms with Crippen LogP contribution in [0.1, 0.15) is 5.69 Å². The first-order valence-electron chi connectivity index (χ1n) is 5.81. The summed E-state index contributed by atoms with van der Waals surface area (Å²) in [6.45, 7) is 0. The zero-order valence-corrected chi connectivity index (χ0v) is 11.5. The molecule has 106 valence electrons. The minimum atomic E-state index is -0.520. The van der Waals surface area contributed by atoms with E-state index in [9.17, 15) is 20.0 Å². The van der Waals surface area contributed by atoms with Crippen molar-refractivity contribution in [3.8, 4) is 11.6 Å². The van der Waals surface area contributed by atoms with Crippen LogP contribution in [-0.4, -0.2) is 31.6 Å². The molecule has 0 bridgehead atoms. The first kappa shape index (κ1) is 14.2. The Morgan fingerprint density at radius 2 is 2.05 bits per heavy atom. The number of nitrogens with zero attached hydrogens (tertiary/aromatic N) is 2. The Hall–Kier alpha value is -2.22. The van der Waals surface area contributed by atoms with E-state index < -0.39 is 10.6 Å². The van der Waals surface area contributed by atoms with E-state index in [0.29, 0.717) is 17.8 Å². The highest BCUT2D eigenvalue weighted by atomic mass is 32.2. The molecule has 1 aromatic carbocycles. The number of aryl methyl sites for hydroxylation is 1. The Morgan fingerprint density at radius 3 is 2.60 bits per heavy atom. The Bertz CT molecular complexity index is 675. The SMILES string of the molecule is CSCCc1[nH]c(=O)n(-c2ccc([N+](=O)[O-])cc2)c1O. The van der Waals surface area contributed by atoms with Crippen LogP contribution in [0.2, 0.25) is 0 Å². The van der Waals surface area contributed by atoms with Gasteiger partial charge in [-0.1, -0.05) is 0 Å². The monoisotopic (exact) mass is 295 g/mol. The predicted molar refractivity (Wildman–Crippen MR) is 76.8 cm³/mol. The Morgan fingerprint density at radius 1 is 1.40 bits per heavy atom. The van der Waals surface area contributed by atoms with Gasteiger partial charge in [0.05, 0.1) is 16.3 Å².